The Morgan fingerprint density at radius 2 is 1.84 bits per heavy atom. The summed E-state index contributed by atoms with van der Waals surface area (Å²) in [6, 6.07) is 3.52. The molecule has 0 aromatic carbocycles. The molecule has 2 saturated heterocycles. The molecule has 2 aliphatic rings. The van der Waals surface area contributed by atoms with Crippen molar-refractivity contribution in [1.29, 1.82) is 0 Å². The number of halogens is 1. The number of pyridine rings is 1. The highest BCUT2D eigenvalue weighted by atomic mass is 79.9. The van der Waals surface area contributed by atoms with E-state index >= 15 is 0 Å². The zero-order valence-electron chi connectivity index (χ0n) is 14.0. The summed E-state index contributed by atoms with van der Waals surface area (Å²) in [5.74, 6) is -0.0451. The molecule has 2 aliphatic heterocycles. The van der Waals surface area contributed by atoms with Gasteiger partial charge >= 0.3 is 0 Å². The lowest BCUT2D eigenvalue weighted by molar-refractivity contribution is -0.120. The van der Waals surface area contributed by atoms with Crippen LogP contribution in [0, 0.1) is 5.92 Å². The molecule has 1 aromatic rings. The summed E-state index contributed by atoms with van der Waals surface area (Å²) >= 11 is 3.30. The number of rotatable bonds is 4. The second-order valence-electron chi connectivity index (χ2n) is 6.52. The van der Waals surface area contributed by atoms with E-state index in [2.05, 4.69) is 26.2 Å². The van der Waals surface area contributed by atoms with Gasteiger partial charge in [-0.2, -0.15) is 17.0 Å². The average molecular weight is 431 g/mol. The summed E-state index contributed by atoms with van der Waals surface area (Å²) in [6.07, 6.45) is 5.90. The first kappa shape index (κ1) is 18.8. The van der Waals surface area contributed by atoms with Gasteiger partial charge in [-0.1, -0.05) is 6.42 Å². The van der Waals surface area contributed by atoms with E-state index in [1.165, 1.54) is 4.31 Å². The number of aromatic nitrogens is 1. The summed E-state index contributed by atoms with van der Waals surface area (Å²) in [4.78, 5) is 16.6. The lowest BCUT2D eigenvalue weighted by Crippen LogP contribution is -2.50. The molecule has 7 nitrogen and oxygen atoms in total. The third kappa shape index (κ3) is 4.58. The summed E-state index contributed by atoms with van der Waals surface area (Å²) in [5.41, 5.74) is 0. The first-order chi connectivity index (χ1) is 12.0. The maximum absolute atomic E-state index is 12.8. The van der Waals surface area contributed by atoms with Crippen molar-refractivity contribution < 1.29 is 13.2 Å². The highest BCUT2D eigenvalue weighted by molar-refractivity contribution is 9.10. The number of carbonyl (C=O) groups excluding carboxylic acids is 1. The van der Waals surface area contributed by atoms with Crippen molar-refractivity contribution in [3.63, 3.8) is 0 Å². The Morgan fingerprint density at radius 3 is 2.52 bits per heavy atom. The van der Waals surface area contributed by atoms with Crippen molar-refractivity contribution >= 4 is 37.9 Å². The fourth-order valence-electron chi connectivity index (χ4n) is 3.30. The van der Waals surface area contributed by atoms with Crippen LogP contribution in [-0.2, 0) is 15.0 Å². The predicted octanol–water partition coefficient (Wildman–Crippen LogP) is 2.23. The lowest BCUT2D eigenvalue weighted by Gasteiger charge is -2.36. The van der Waals surface area contributed by atoms with Gasteiger partial charge in [0.1, 0.15) is 5.82 Å². The normalized spacial score (nSPS) is 23.3. The Hall–Kier alpha value is -1.03. The number of piperidine rings is 2. The highest BCUT2D eigenvalue weighted by Gasteiger charge is 2.36. The molecular weight excluding hydrogens is 408 g/mol. The zero-order chi connectivity index (χ0) is 17.9. The molecule has 0 saturated carbocycles. The van der Waals surface area contributed by atoms with Crippen LogP contribution in [0.3, 0.4) is 0 Å². The van der Waals surface area contributed by atoms with E-state index in [4.69, 9.17) is 0 Å². The topological polar surface area (TPSA) is 82.6 Å². The standard InChI is InChI=1S/C16H23BrN4O3S/c17-14-6-7-15(18-11-14)19-16(22)13-5-4-10-21(12-13)25(23,24)20-8-2-1-3-9-20/h6-7,11,13H,1-5,8-10,12H2,(H,18,19,22). The summed E-state index contributed by atoms with van der Waals surface area (Å²) in [7, 11) is -3.47. The van der Waals surface area contributed by atoms with Crippen molar-refractivity contribution in [3.8, 4) is 0 Å². The number of amides is 1. The maximum Gasteiger partial charge on any atom is 0.281 e. The first-order valence-electron chi connectivity index (χ1n) is 8.64. The van der Waals surface area contributed by atoms with Crippen LogP contribution in [0.2, 0.25) is 0 Å². The smallest absolute Gasteiger partial charge is 0.281 e. The molecule has 0 bridgehead atoms. The van der Waals surface area contributed by atoms with Crippen LogP contribution in [-0.4, -0.2) is 54.1 Å². The molecule has 1 N–H and O–H groups in total. The van der Waals surface area contributed by atoms with Crippen LogP contribution < -0.4 is 5.32 Å². The van der Waals surface area contributed by atoms with Crippen molar-refractivity contribution in [2.75, 3.05) is 31.5 Å². The quantitative estimate of drug-likeness (QED) is 0.793. The van der Waals surface area contributed by atoms with Gasteiger partial charge < -0.3 is 5.32 Å². The average Bonchev–Trinajstić information content (AvgIpc) is 2.64. The Balaban J connectivity index is 1.63. The molecule has 1 aromatic heterocycles. The number of anilines is 1. The molecule has 1 amide bonds. The molecule has 0 aliphatic carbocycles. The van der Waals surface area contributed by atoms with E-state index < -0.39 is 10.2 Å². The number of hydrogen-bond acceptors (Lipinski definition) is 4. The zero-order valence-corrected chi connectivity index (χ0v) is 16.4. The van der Waals surface area contributed by atoms with Gasteiger partial charge in [0.05, 0.1) is 5.92 Å². The van der Waals surface area contributed by atoms with Gasteiger partial charge in [0.25, 0.3) is 10.2 Å². The third-order valence-corrected chi connectivity index (χ3v) is 7.17. The number of nitrogens with zero attached hydrogens (tertiary/aromatic N) is 3. The SMILES string of the molecule is O=C(Nc1ccc(Br)cn1)C1CCCN(S(=O)(=O)N2CCCCC2)C1. The van der Waals surface area contributed by atoms with Gasteiger partial charge in [0.15, 0.2) is 0 Å². The molecule has 0 spiro atoms. The fraction of sp³-hybridized carbons (Fsp3) is 0.625. The molecule has 3 rings (SSSR count). The molecule has 2 fully saturated rings. The first-order valence-corrected chi connectivity index (χ1v) is 10.8. The largest absolute Gasteiger partial charge is 0.310 e. The molecule has 25 heavy (non-hydrogen) atoms. The molecule has 3 heterocycles. The van der Waals surface area contributed by atoms with Crippen LogP contribution in [0.4, 0.5) is 5.82 Å². The van der Waals surface area contributed by atoms with Gasteiger partial charge in [0, 0.05) is 36.8 Å². The minimum atomic E-state index is -3.47. The molecule has 0 radical (unpaired) electrons. The van der Waals surface area contributed by atoms with Crippen LogP contribution in [0.25, 0.3) is 0 Å². The number of hydrogen-bond donors (Lipinski definition) is 1. The van der Waals surface area contributed by atoms with E-state index in [0.29, 0.717) is 38.3 Å². The van der Waals surface area contributed by atoms with Crippen LogP contribution >= 0.6 is 15.9 Å². The van der Waals surface area contributed by atoms with Crippen molar-refractivity contribution in [3.05, 3.63) is 22.8 Å². The molecule has 9 heteroatoms. The molecule has 1 atom stereocenters. The Bertz CT molecular complexity index is 705. The van der Waals surface area contributed by atoms with Crippen LogP contribution in [0.1, 0.15) is 32.1 Å². The van der Waals surface area contributed by atoms with E-state index in [1.807, 2.05) is 0 Å². The second-order valence-corrected chi connectivity index (χ2v) is 9.36. The van der Waals surface area contributed by atoms with Gasteiger partial charge in [-0.25, -0.2) is 4.98 Å². The van der Waals surface area contributed by atoms with Gasteiger partial charge in [-0.05, 0) is 53.7 Å². The number of nitrogens with one attached hydrogen (secondary N) is 1. The van der Waals surface area contributed by atoms with Crippen molar-refractivity contribution in [1.82, 2.24) is 13.6 Å². The predicted molar refractivity (Wildman–Crippen MR) is 99.2 cm³/mol. The Kier molecular flexibility index (Phi) is 6.08. The minimum Gasteiger partial charge on any atom is -0.310 e. The van der Waals surface area contributed by atoms with Crippen LogP contribution in [0.5, 0.6) is 0 Å². The monoisotopic (exact) mass is 430 g/mol. The van der Waals surface area contributed by atoms with Gasteiger partial charge in [0.2, 0.25) is 5.91 Å². The van der Waals surface area contributed by atoms with Gasteiger partial charge in [-0.3, -0.25) is 4.79 Å². The van der Waals surface area contributed by atoms with Crippen molar-refractivity contribution in [2.45, 2.75) is 32.1 Å². The van der Waals surface area contributed by atoms with E-state index in [0.717, 1.165) is 23.7 Å². The highest BCUT2D eigenvalue weighted by Crippen LogP contribution is 2.24. The summed E-state index contributed by atoms with van der Waals surface area (Å²) in [6.45, 7) is 1.89. The van der Waals surface area contributed by atoms with E-state index in [9.17, 15) is 13.2 Å². The Labute approximate surface area is 157 Å². The molecular formula is C16H23BrN4O3S. The lowest BCUT2D eigenvalue weighted by atomic mass is 9.99. The van der Waals surface area contributed by atoms with Crippen LogP contribution in [0.15, 0.2) is 22.8 Å². The Morgan fingerprint density at radius 1 is 1.12 bits per heavy atom. The van der Waals surface area contributed by atoms with E-state index in [-0.39, 0.29) is 18.4 Å². The number of carbonyl (C=O) groups is 1. The third-order valence-electron chi connectivity index (χ3n) is 4.70. The fourth-order valence-corrected chi connectivity index (χ4v) is 5.31. The minimum absolute atomic E-state index is 0.173. The maximum atomic E-state index is 12.8. The summed E-state index contributed by atoms with van der Waals surface area (Å²) in [5, 5.41) is 2.78. The molecule has 138 valence electrons. The van der Waals surface area contributed by atoms with Crippen molar-refractivity contribution in [2.24, 2.45) is 5.92 Å². The second kappa shape index (κ2) is 8.11. The van der Waals surface area contributed by atoms with E-state index in [1.54, 1.807) is 22.6 Å². The van der Waals surface area contributed by atoms with Gasteiger partial charge in [-0.15, -0.1) is 0 Å². The molecule has 1 unspecified atom stereocenters. The summed E-state index contributed by atoms with van der Waals surface area (Å²) < 4.78 is 29.5.